The van der Waals surface area contributed by atoms with Gasteiger partial charge in [0.25, 0.3) is 5.91 Å². The lowest BCUT2D eigenvalue weighted by atomic mass is 9.86. The predicted octanol–water partition coefficient (Wildman–Crippen LogP) is 5.19. The second-order valence-corrected chi connectivity index (χ2v) is 7.91. The summed E-state index contributed by atoms with van der Waals surface area (Å²) < 4.78 is 5.36. The van der Waals surface area contributed by atoms with Gasteiger partial charge < -0.3 is 10.1 Å². The number of ether oxygens (including phenoxy) is 1. The summed E-state index contributed by atoms with van der Waals surface area (Å²) in [5.74, 6) is -1.08. The Bertz CT molecular complexity index is 883. The molecular formula is C23H26N2O3S. The fourth-order valence-corrected chi connectivity index (χ4v) is 3.80. The van der Waals surface area contributed by atoms with Gasteiger partial charge in [0, 0.05) is 10.6 Å². The van der Waals surface area contributed by atoms with Gasteiger partial charge in [-0.3, -0.25) is 9.59 Å². The van der Waals surface area contributed by atoms with E-state index in [0.717, 1.165) is 39.8 Å². The molecule has 0 heterocycles. The highest BCUT2D eigenvalue weighted by atomic mass is 32.2. The Kier molecular flexibility index (Phi) is 8.29. The summed E-state index contributed by atoms with van der Waals surface area (Å²) in [5.41, 5.74) is 3.27. The maximum absolute atomic E-state index is 12.7. The van der Waals surface area contributed by atoms with Crippen LogP contribution < -0.4 is 5.32 Å². The van der Waals surface area contributed by atoms with Gasteiger partial charge in [-0.2, -0.15) is 5.26 Å². The summed E-state index contributed by atoms with van der Waals surface area (Å²) in [5, 5.41) is 13.7. The molecule has 0 saturated carbocycles. The van der Waals surface area contributed by atoms with Gasteiger partial charge >= 0.3 is 5.97 Å². The third-order valence-corrected chi connectivity index (χ3v) is 5.47. The number of nitriles is 1. The highest BCUT2D eigenvalue weighted by molar-refractivity contribution is 8.03. The number of amides is 1. The highest BCUT2D eigenvalue weighted by Crippen LogP contribution is 2.29. The zero-order chi connectivity index (χ0) is 21.4. The first kappa shape index (κ1) is 22.5. The molecule has 5 nitrogen and oxygen atoms in total. The van der Waals surface area contributed by atoms with Crippen LogP contribution in [0.15, 0.2) is 47.4 Å². The van der Waals surface area contributed by atoms with Gasteiger partial charge in [0.15, 0.2) is 6.61 Å². The van der Waals surface area contributed by atoms with Crippen molar-refractivity contribution in [3.63, 3.8) is 0 Å². The minimum atomic E-state index is -0.403. The first-order chi connectivity index (χ1) is 13.9. The molecular weight excluding hydrogens is 384 g/mol. The summed E-state index contributed by atoms with van der Waals surface area (Å²) in [4.78, 5) is 25.9. The molecule has 0 spiro atoms. The highest BCUT2D eigenvalue weighted by Gasteiger charge is 2.27. The number of carbonyl (C=O) groups excluding carboxylic acids is 2. The molecule has 0 aliphatic heterocycles. The number of rotatable bonds is 8. The first-order valence-corrected chi connectivity index (χ1v) is 10.4. The van der Waals surface area contributed by atoms with E-state index in [9.17, 15) is 9.59 Å². The van der Waals surface area contributed by atoms with Crippen molar-refractivity contribution in [3.8, 4) is 5.40 Å². The van der Waals surface area contributed by atoms with Crippen LogP contribution in [-0.2, 0) is 14.3 Å². The Morgan fingerprint density at radius 1 is 1.17 bits per heavy atom. The first-order valence-electron chi connectivity index (χ1n) is 9.56. The van der Waals surface area contributed by atoms with Crippen LogP contribution in [0.1, 0.15) is 42.9 Å². The average Bonchev–Trinajstić information content (AvgIpc) is 2.70. The smallest absolute Gasteiger partial charge is 0.314 e. The van der Waals surface area contributed by atoms with Crippen molar-refractivity contribution in [1.82, 2.24) is 0 Å². The van der Waals surface area contributed by atoms with E-state index in [4.69, 9.17) is 10.00 Å². The Labute approximate surface area is 176 Å². The average molecular weight is 411 g/mol. The Balaban J connectivity index is 2.04. The molecule has 2 atom stereocenters. The van der Waals surface area contributed by atoms with Crippen molar-refractivity contribution >= 4 is 29.3 Å². The monoisotopic (exact) mass is 410 g/mol. The van der Waals surface area contributed by atoms with Crippen LogP contribution >= 0.6 is 11.8 Å². The van der Waals surface area contributed by atoms with E-state index >= 15 is 0 Å². The van der Waals surface area contributed by atoms with E-state index in [1.54, 1.807) is 0 Å². The Morgan fingerprint density at radius 2 is 1.79 bits per heavy atom. The third-order valence-electron chi connectivity index (χ3n) is 4.91. The van der Waals surface area contributed by atoms with Crippen molar-refractivity contribution < 1.29 is 14.3 Å². The minimum Gasteiger partial charge on any atom is -0.455 e. The number of anilines is 1. The number of thioether (sulfide) groups is 1. The van der Waals surface area contributed by atoms with Crippen LogP contribution in [0.25, 0.3) is 0 Å². The van der Waals surface area contributed by atoms with Gasteiger partial charge in [-0.1, -0.05) is 50.6 Å². The number of hydrogen-bond donors (Lipinski definition) is 1. The van der Waals surface area contributed by atoms with Crippen LogP contribution in [0.2, 0.25) is 0 Å². The molecule has 6 heteroatoms. The lowest BCUT2D eigenvalue weighted by Gasteiger charge is -2.22. The molecule has 2 aromatic carbocycles. The molecule has 2 rings (SSSR count). The van der Waals surface area contributed by atoms with E-state index in [-0.39, 0.29) is 18.4 Å². The van der Waals surface area contributed by atoms with Crippen LogP contribution in [-0.4, -0.2) is 18.5 Å². The lowest BCUT2D eigenvalue weighted by molar-refractivity contribution is -0.150. The number of nitrogens with one attached hydrogen (secondary N) is 1. The standard InChI is InChI=1S/C23H26N2O3S/c1-5-15(2)21(18-9-7-6-8-10-18)23(27)28-13-20(26)25-22-16(3)11-19(29-14-24)12-17(22)4/h6-12,15,21H,5,13H2,1-4H3,(H,25,26)/t15-,21+/m1/s1. The fourth-order valence-electron chi connectivity index (χ4n) is 3.23. The molecule has 0 aliphatic rings. The van der Waals surface area contributed by atoms with Crippen LogP contribution in [0.3, 0.4) is 0 Å². The Hall–Kier alpha value is -2.78. The zero-order valence-corrected chi connectivity index (χ0v) is 18.0. The maximum Gasteiger partial charge on any atom is 0.314 e. The zero-order valence-electron chi connectivity index (χ0n) is 17.2. The van der Waals surface area contributed by atoms with Crippen molar-refractivity contribution in [2.24, 2.45) is 5.92 Å². The van der Waals surface area contributed by atoms with Gasteiger partial charge in [-0.15, -0.1) is 0 Å². The topological polar surface area (TPSA) is 79.2 Å². The molecule has 0 radical (unpaired) electrons. The van der Waals surface area contributed by atoms with E-state index < -0.39 is 11.9 Å². The molecule has 0 aliphatic carbocycles. The molecule has 0 bridgehead atoms. The molecule has 0 aromatic heterocycles. The van der Waals surface area contributed by atoms with Gasteiger partial charge in [0.05, 0.1) is 5.92 Å². The number of aryl methyl sites for hydroxylation is 2. The van der Waals surface area contributed by atoms with Crippen LogP contribution in [0, 0.1) is 30.4 Å². The molecule has 152 valence electrons. The number of benzene rings is 2. The van der Waals surface area contributed by atoms with Crippen LogP contribution in [0.5, 0.6) is 0 Å². The second-order valence-electron chi connectivity index (χ2n) is 7.06. The number of nitrogens with zero attached hydrogens (tertiary/aromatic N) is 1. The van der Waals surface area contributed by atoms with Gasteiger partial charge in [-0.05, 0) is 60.4 Å². The van der Waals surface area contributed by atoms with Gasteiger partial charge in [0.2, 0.25) is 0 Å². The van der Waals surface area contributed by atoms with Gasteiger partial charge in [-0.25, -0.2) is 0 Å². The van der Waals surface area contributed by atoms with Crippen molar-refractivity contribution in [3.05, 3.63) is 59.2 Å². The second kappa shape index (κ2) is 10.7. The number of esters is 1. The molecule has 0 saturated heterocycles. The molecule has 2 aromatic rings. The normalized spacial score (nSPS) is 12.5. The molecule has 0 unspecified atom stereocenters. The lowest BCUT2D eigenvalue weighted by Crippen LogP contribution is -2.27. The predicted molar refractivity (Wildman–Crippen MR) is 116 cm³/mol. The van der Waals surface area contributed by atoms with Crippen molar-refractivity contribution in [2.45, 2.75) is 44.9 Å². The number of carbonyl (C=O) groups is 2. The summed E-state index contributed by atoms with van der Waals surface area (Å²) in [7, 11) is 0. The molecule has 29 heavy (non-hydrogen) atoms. The van der Waals surface area contributed by atoms with Gasteiger partial charge in [0.1, 0.15) is 5.40 Å². The SMILES string of the molecule is CC[C@@H](C)[C@H](C(=O)OCC(=O)Nc1c(C)cc(SC#N)cc1C)c1ccccc1. The van der Waals surface area contributed by atoms with Crippen molar-refractivity contribution in [1.29, 1.82) is 5.26 Å². The van der Waals surface area contributed by atoms with E-state index in [1.165, 1.54) is 0 Å². The summed E-state index contributed by atoms with van der Waals surface area (Å²) in [6.07, 6.45) is 0.826. The third kappa shape index (κ3) is 6.10. The quantitative estimate of drug-likeness (QED) is 0.368. The minimum absolute atomic E-state index is 0.0997. The van der Waals surface area contributed by atoms with Crippen molar-refractivity contribution in [2.75, 3.05) is 11.9 Å². The summed E-state index contributed by atoms with van der Waals surface area (Å²) in [6.45, 7) is 7.42. The molecule has 1 N–H and O–H groups in total. The summed E-state index contributed by atoms with van der Waals surface area (Å²) in [6, 6.07) is 13.2. The maximum atomic E-state index is 12.7. The Morgan fingerprint density at radius 3 is 2.34 bits per heavy atom. The number of hydrogen-bond acceptors (Lipinski definition) is 5. The molecule has 0 fully saturated rings. The number of thiocyanates is 1. The molecule has 1 amide bonds. The van der Waals surface area contributed by atoms with Crippen LogP contribution in [0.4, 0.5) is 5.69 Å². The van der Waals surface area contributed by atoms with E-state index in [2.05, 4.69) is 5.32 Å². The van der Waals surface area contributed by atoms with E-state index in [0.29, 0.717) is 5.69 Å². The largest absolute Gasteiger partial charge is 0.455 e. The van der Waals surface area contributed by atoms with E-state index in [1.807, 2.05) is 75.6 Å². The summed E-state index contributed by atoms with van der Waals surface area (Å²) >= 11 is 1.07. The fraction of sp³-hybridized carbons (Fsp3) is 0.348.